The number of para-hydroxylation sites is 1. The van der Waals surface area contributed by atoms with Crippen molar-refractivity contribution in [2.75, 3.05) is 27.0 Å². The van der Waals surface area contributed by atoms with Gasteiger partial charge in [0.15, 0.2) is 18.6 Å². The van der Waals surface area contributed by atoms with Gasteiger partial charge in [0.1, 0.15) is 18.4 Å². The Labute approximate surface area is 273 Å². The fraction of sp³-hybridized carbons (Fsp3) is 0.567. The van der Waals surface area contributed by atoms with Crippen molar-refractivity contribution in [2.45, 2.75) is 84.5 Å². The van der Waals surface area contributed by atoms with Crippen LogP contribution in [0.15, 0.2) is 47.8 Å². The number of hydrogen-bond acceptors (Lipinski definition) is 12. The third-order valence-electron chi connectivity index (χ3n) is 6.14. The topological polar surface area (TPSA) is 172 Å². The number of halogens is 1. The first-order chi connectivity index (χ1) is 22.0. The minimum Gasteiger partial charge on any atom is -0.462 e. The first-order valence-electron chi connectivity index (χ1n) is 14.8. The van der Waals surface area contributed by atoms with E-state index in [9.17, 15) is 23.7 Å². The summed E-state index contributed by atoms with van der Waals surface area (Å²) in [6.07, 6.45) is -0.963. The number of alkyl halides is 1. The Hall–Kier alpha value is -3.85. The van der Waals surface area contributed by atoms with Gasteiger partial charge >= 0.3 is 19.7 Å². The summed E-state index contributed by atoms with van der Waals surface area (Å²) in [5, 5.41) is 6.24. The van der Waals surface area contributed by atoms with Crippen molar-refractivity contribution in [3.05, 3.63) is 42.6 Å². The molecule has 0 spiro atoms. The maximum Gasteiger partial charge on any atom is 0.459 e. The second kappa shape index (κ2) is 18.5. The molecule has 4 unspecified atom stereocenters. The van der Waals surface area contributed by atoms with Gasteiger partial charge in [-0.25, -0.2) is 8.96 Å². The molecule has 2 amide bonds. The zero-order valence-electron chi connectivity index (χ0n) is 27.6. The highest BCUT2D eigenvalue weighted by molar-refractivity contribution is 7.52. The zero-order chi connectivity index (χ0) is 35.2. The molecule has 0 aromatic heterocycles. The van der Waals surface area contributed by atoms with Gasteiger partial charge in [0.2, 0.25) is 12.3 Å². The molecular formula is C30H44FN4O11P. The normalized spacial score (nSPS) is 21.0. The molecule has 1 aliphatic rings. The van der Waals surface area contributed by atoms with E-state index in [1.54, 1.807) is 45.9 Å². The van der Waals surface area contributed by atoms with E-state index < -0.39 is 62.3 Å². The summed E-state index contributed by atoms with van der Waals surface area (Å²) in [5.41, 5.74) is -1.43. The highest BCUT2D eigenvalue weighted by Crippen LogP contribution is 2.46. The summed E-state index contributed by atoms with van der Waals surface area (Å²) >= 11 is 0. The number of rotatable bonds is 19. The number of benzene rings is 1. The molecular weight excluding hydrogens is 642 g/mol. The molecule has 15 nitrogen and oxygen atoms in total. The lowest BCUT2D eigenvalue weighted by molar-refractivity contribution is -0.152. The van der Waals surface area contributed by atoms with Crippen LogP contribution in [0.4, 0.5) is 4.39 Å². The highest BCUT2D eigenvalue weighted by atomic mass is 31.2. The number of nitrogens with zero attached hydrogens (tertiary/aromatic N) is 3. The smallest absolute Gasteiger partial charge is 0.459 e. The number of ether oxygens (including phenoxy) is 3. The van der Waals surface area contributed by atoms with Gasteiger partial charge in [0.05, 0.1) is 30.9 Å². The van der Waals surface area contributed by atoms with Gasteiger partial charge in [-0.3, -0.25) is 28.6 Å². The van der Waals surface area contributed by atoms with Crippen LogP contribution < -0.4 is 9.61 Å². The maximum absolute atomic E-state index is 15.7. The number of esters is 2. The number of hydrogen-bond donors (Lipinski definition) is 1. The first kappa shape index (κ1) is 39.3. The molecule has 0 aliphatic carbocycles. The van der Waals surface area contributed by atoms with Gasteiger partial charge in [-0.15, -0.1) is 0 Å². The predicted molar refractivity (Wildman–Crippen MR) is 167 cm³/mol. The Balaban J connectivity index is 2.02. The van der Waals surface area contributed by atoms with Gasteiger partial charge in [0, 0.05) is 25.7 Å². The van der Waals surface area contributed by atoms with Crippen molar-refractivity contribution >= 4 is 37.7 Å². The molecule has 5 atom stereocenters. The zero-order valence-corrected chi connectivity index (χ0v) is 28.5. The lowest BCUT2D eigenvalue weighted by Crippen LogP contribution is -2.42. The summed E-state index contributed by atoms with van der Waals surface area (Å²) in [4.78, 5) is 55.5. The van der Waals surface area contributed by atoms with E-state index in [0.29, 0.717) is 5.71 Å². The van der Waals surface area contributed by atoms with Gasteiger partial charge in [-0.1, -0.05) is 23.4 Å². The van der Waals surface area contributed by atoms with E-state index in [2.05, 4.69) is 10.2 Å². The standard InChI is InChI=1S/C30H44FN4O11P/c1-21(2)32-42-16-14-27(38)41-20-34(7)26(37)13-15-35(19-36)29-30(6,31)17-25(45-29)18-43-47(40,46-24-11-9-8-10-12-24)33-23(5)28(39)44-22(3)4/h8-13,15,19,22-23,25,29H,14,16-18,20H2,1-7H3,(H,33,40)/b15-13-/t23?,25?,29?,30-,47?/m1/s1. The van der Waals surface area contributed by atoms with Crippen LogP contribution in [0.5, 0.6) is 5.75 Å². The lowest BCUT2D eigenvalue weighted by Gasteiger charge is -2.28. The summed E-state index contributed by atoms with van der Waals surface area (Å²) in [5.74, 6) is -1.78. The van der Waals surface area contributed by atoms with Crippen molar-refractivity contribution in [1.82, 2.24) is 14.9 Å². The van der Waals surface area contributed by atoms with E-state index in [0.717, 1.165) is 22.1 Å². The summed E-state index contributed by atoms with van der Waals surface area (Å²) in [6.45, 7) is 8.59. The molecule has 47 heavy (non-hydrogen) atoms. The Morgan fingerprint density at radius 3 is 2.51 bits per heavy atom. The Morgan fingerprint density at radius 2 is 1.89 bits per heavy atom. The molecule has 1 N–H and O–H groups in total. The van der Waals surface area contributed by atoms with Gasteiger partial charge in [-0.05, 0) is 53.7 Å². The average molecular weight is 687 g/mol. The third-order valence-corrected chi connectivity index (χ3v) is 7.78. The third kappa shape index (κ3) is 13.8. The van der Waals surface area contributed by atoms with Crippen LogP contribution in [0.3, 0.4) is 0 Å². The van der Waals surface area contributed by atoms with E-state index in [1.807, 2.05) is 0 Å². The summed E-state index contributed by atoms with van der Waals surface area (Å²) in [6, 6.07) is 6.99. The van der Waals surface area contributed by atoms with Crippen molar-refractivity contribution in [3.63, 3.8) is 0 Å². The highest BCUT2D eigenvalue weighted by Gasteiger charge is 2.49. The number of likely N-dealkylation sites (N-methyl/N-ethyl adjacent to an activating group) is 1. The van der Waals surface area contributed by atoms with E-state index in [1.165, 1.54) is 33.0 Å². The van der Waals surface area contributed by atoms with Gasteiger partial charge in [0.25, 0.3) is 0 Å². The van der Waals surface area contributed by atoms with Gasteiger partial charge < -0.3 is 28.5 Å². The van der Waals surface area contributed by atoms with E-state index >= 15 is 4.39 Å². The van der Waals surface area contributed by atoms with Crippen LogP contribution in [0.2, 0.25) is 0 Å². The number of carbonyl (C=O) groups excluding carboxylic acids is 4. The number of carbonyl (C=O) groups is 4. The van der Waals surface area contributed by atoms with Crippen LogP contribution >= 0.6 is 7.75 Å². The summed E-state index contributed by atoms with van der Waals surface area (Å²) < 4.78 is 56.5. The molecule has 1 saturated heterocycles. The number of nitrogens with one attached hydrogen (secondary N) is 1. The SMILES string of the molecule is CC(C)=NOCCC(=O)OCN(C)C(=O)/C=C\N(C=O)C1OC(COP(=O)(NC(C)C(=O)OC(C)C)Oc2ccccc2)C[C@@]1(C)F. The van der Waals surface area contributed by atoms with Crippen LogP contribution in [0, 0.1) is 0 Å². The molecule has 0 radical (unpaired) electrons. The average Bonchev–Trinajstić information content (AvgIpc) is 3.31. The minimum absolute atomic E-state index is 0.00542. The van der Waals surface area contributed by atoms with Crippen LogP contribution in [0.1, 0.15) is 54.4 Å². The molecule has 1 aromatic rings. The fourth-order valence-electron chi connectivity index (χ4n) is 3.97. The molecule has 1 fully saturated rings. The van der Waals surface area contributed by atoms with Crippen molar-refractivity contribution in [2.24, 2.45) is 5.16 Å². The molecule has 0 bridgehead atoms. The molecule has 0 saturated carbocycles. The fourth-order valence-corrected chi connectivity index (χ4v) is 5.49. The van der Waals surface area contributed by atoms with Crippen LogP contribution in [-0.4, -0.2) is 96.9 Å². The van der Waals surface area contributed by atoms with Crippen LogP contribution in [0.25, 0.3) is 0 Å². The first-order valence-corrected chi connectivity index (χ1v) is 16.4. The van der Waals surface area contributed by atoms with Crippen LogP contribution in [-0.2, 0) is 47.3 Å². The Bertz CT molecular complexity index is 1310. The van der Waals surface area contributed by atoms with Crippen molar-refractivity contribution < 1.29 is 56.2 Å². The lowest BCUT2D eigenvalue weighted by atomic mass is 10.0. The van der Waals surface area contributed by atoms with Crippen molar-refractivity contribution in [1.29, 1.82) is 0 Å². The summed E-state index contributed by atoms with van der Waals surface area (Å²) in [7, 11) is -2.89. The Kier molecular flexibility index (Phi) is 15.5. The Morgan fingerprint density at radius 1 is 1.21 bits per heavy atom. The maximum atomic E-state index is 15.7. The molecule has 1 aromatic carbocycles. The second-order valence-corrected chi connectivity index (χ2v) is 13.0. The number of amides is 2. The minimum atomic E-state index is -4.25. The molecule has 262 valence electrons. The van der Waals surface area contributed by atoms with E-state index in [4.69, 9.17) is 28.1 Å². The molecule has 1 aliphatic heterocycles. The molecule has 17 heteroatoms. The van der Waals surface area contributed by atoms with E-state index in [-0.39, 0.29) is 38.3 Å². The predicted octanol–water partition coefficient (Wildman–Crippen LogP) is 3.70. The second-order valence-electron chi connectivity index (χ2n) is 11.3. The number of oxime groups is 1. The van der Waals surface area contributed by atoms with Crippen molar-refractivity contribution in [3.8, 4) is 5.75 Å². The molecule has 1 heterocycles. The molecule has 2 rings (SSSR count). The quantitative estimate of drug-likeness (QED) is 0.0328. The monoisotopic (exact) mass is 686 g/mol. The van der Waals surface area contributed by atoms with Gasteiger partial charge in [-0.2, -0.15) is 5.09 Å². The largest absolute Gasteiger partial charge is 0.462 e.